The van der Waals surface area contributed by atoms with E-state index in [2.05, 4.69) is 4.72 Å². The zero-order chi connectivity index (χ0) is 17.6. The van der Waals surface area contributed by atoms with Gasteiger partial charge >= 0.3 is 5.97 Å². The van der Waals surface area contributed by atoms with Crippen molar-refractivity contribution in [1.82, 2.24) is 4.72 Å². The summed E-state index contributed by atoms with van der Waals surface area (Å²) in [4.78, 5) is 10.9. The molecule has 0 saturated carbocycles. The summed E-state index contributed by atoms with van der Waals surface area (Å²) >= 11 is 0. The highest BCUT2D eigenvalue weighted by Crippen LogP contribution is 2.37. The molecule has 0 spiro atoms. The van der Waals surface area contributed by atoms with Gasteiger partial charge in [-0.3, -0.25) is 4.79 Å². The van der Waals surface area contributed by atoms with Gasteiger partial charge in [0.15, 0.2) is 4.90 Å². The second-order valence-electron chi connectivity index (χ2n) is 4.66. The van der Waals surface area contributed by atoms with Gasteiger partial charge in [0, 0.05) is 12.1 Å². The molecule has 0 aliphatic rings. The number of carbonyl (C=O) groups is 1. The van der Waals surface area contributed by atoms with E-state index in [9.17, 15) is 13.2 Å². The van der Waals surface area contributed by atoms with Crippen LogP contribution in [0.3, 0.4) is 0 Å². The highest BCUT2D eigenvalue weighted by Gasteiger charge is 2.30. The second-order valence-corrected chi connectivity index (χ2v) is 6.31. The molecule has 0 saturated heterocycles. The van der Waals surface area contributed by atoms with Gasteiger partial charge in [0.2, 0.25) is 10.0 Å². The summed E-state index contributed by atoms with van der Waals surface area (Å²) in [6.07, 6.45) is 0.672. The fourth-order valence-electron chi connectivity index (χ4n) is 2.01. The highest BCUT2D eigenvalue weighted by molar-refractivity contribution is 7.89. The molecule has 0 amide bonds. The van der Waals surface area contributed by atoms with E-state index in [1.54, 1.807) is 6.92 Å². The molecule has 1 aromatic carbocycles. The Kier molecular flexibility index (Phi) is 6.64. The summed E-state index contributed by atoms with van der Waals surface area (Å²) in [6, 6.07) is 1.53. The molecule has 0 aliphatic heterocycles. The predicted octanol–water partition coefficient (Wildman–Crippen LogP) is 1.24. The van der Waals surface area contributed by atoms with Crippen LogP contribution in [0.5, 0.6) is 17.2 Å². The van der Waals surface area contributed by atoms with Crippen molar-refractivity contribution < 1.29 is 32.5 Å². The van der Waals surface area contributed by atoms with Crippen molar-refractivity contribution in [3.63, 3.8) is 0 Å². The number of aliphatic carboxylic acids is 1. The standard InChI is InChI=1S/C14H21NO7S/c1-5-6-10(14(16)17)15-23(18,19)13-11(21-3)7-9(20-2)8-12(13)22-4/h7-8,10,15H,5-6H2,1-4H3,(H,16,17). The van der Waals surface area contributed by atoms with Crippen LogP contribution in [0.25, 0.3) is 0 Å². The third-order valence-corrected chi connectivity index (χ3v) is 4.65. The molecule has 0 bridgehead atoms. The average molecular weight is 347 g/mol. The molecule has 0 fully saturated rings. The van der Waals surface area contributed by atoms with Gasteiger partial charge in [-0.2, -0.15) is 4.72 Å². The van der Waals surface area contributed by atoms with Crippen LogP contribution in [0.1, 0.15) is 19.8 Å². The Bertz CT molecular complexity index is 632. The minimum Gasteiger partial charge on any atom is -0.496 e. The van der Waals surface area contributed by atoms with Crippen molar-refractivity contribution in [2.45, 2.75) is 30.7 Å². The summed E-state index contributed by atoms with van der Waals surface area (Å²) < 4.78 is 42.6. The van der Waals surface area contributed by atoms with Gasteiger partial charge in [0.1, 0.15) is 23.3 Å². The lowest BCUT2D eigenvalue weighted by molar-refractivity contribution is -0.139. The van der Waals surface area contributed by atoms with E-state index < -0.39 is 22.0 Å². The molecule has 0 radical (unpaired) electrons. The largest absolute Gasteiger partial charge is 0.496 e. The summed E-state index contributed by atoms with van der Waals surface area (Å²) in [5.41, 5.74) is 0. The molecule has 1 atom stereocenters. The van der Waals surface area contributed by atoms with Gasteiger partial charge in [-0.1, -0.05) is 13.3 Å². The molecule has 2 N–H and O–H groups in total. The number of methoxy groups -OCH3 is 3. The van der Waals surface area contributed by atoms with E-state index in [1.807, 2.05) is 0 Å². The zero-order valence-electron chi connectivity index (χ0n) is 13.5. The Hall–Kier alpha value is -2.00. The molecule has 1 unspecified atom stereocenters. The monoisotopic (exact) mass is 347 g/mol. The minimum atomic E-state index is -4.17. The first-order valence-electron chi connectivity index (χ1n) is 6.85. The van der Waals surface area contributed by atoms with Crippen LogP contribution in [0.4, 0.5) is 0 Å². The number of hydrogen-bond donors (Lipinski definition) is 2. The fraction of sp³-hybridized carbons (Fsp3) is 0.500. The van der Waals surface area contributed by atoms with Crippen LogP contribution >= 0.6 is 0 Å². The summed E-state index contributed by atoms with van der Waals surface area (Å²) in [5, 5.41) is 9.14. The van der Waals surface area contributed by atoms with Crippen LogP contribution in [-0.4, -0.2) is 46.9 Å². The zero-order valence-corrected chi connectivity index (χ0v) is 14.3. The van der Waals surface area contributed by atoms with Gasteiger partial charge < -0.3 is 19.3 Å². The number of nitrogens with one attached hydrogen (secondary N) is 1. The first-order chi connectivity index (χ1) is 10.8. The number of benzene rings is 1. The molecule has 1 rings (SSSR count). The van der Waals surface area contributed by atoms with E-state index in [0.29, 0.717) is 12.2 Å². The van der Waals surface area contributed by atoms with Crippen LogP contribution in [0.15, 0.2) is 17.0 Å². The van der Waals surface area contributed by atoms with Crippen molar-refractivity contribution in [3.8, 4) is 17.2 Å². The number of sulfonamides is 1. The SMILES string of the molecule is CCCC(NS(=O)(=O)c1c(OC)cc(OC)cc1OC)C(=O)O. The molecule has 130 valence electrons. The molecule has 0 aromatic heterocycles. The molecule has 8 nitrogen and oxygen atoms in total. The van der Waals surface area contributed by atoms with Crippen LogP contribution in [0.2, 0.25) is 0 Å². The van der Waals surface area contributed by atoms with E-state index in [1.165, 1.54) is 33.5 Å². The Morgan fingerprint density at radius 2 is 1.70 bits per heavy atom. The van der Waals surface area contributed by atoms with Gasteiger partial charge in [0.25, 0.3) is 0 Å². The van der Waals surface area contributed by atoms with E-state index >= 15 is 0 Å². The van der Waals surface area contributed by atoms with Crippen molar-refractivity contribution >= 4 is 16.0 Å². The first kappa shape index (κ1) is 19.0. The minimum absolute atomic E-state index is 0.00524. The Labute approximate surface area is 135 Å². The van der Waals surface area contributed by atoms with E-state index in [0.717, 1.165) is 0 Å². The number of rotatable bonds is 9. The van der Waals surface area contributed by atoms with Gasteiger partial charge in [0.05, 0.1) is 21.3 Å². The van der Waals surface area contributed by atoms with Crippen LogP contribution in [0, 0.1) is 0 Å². The van der Waals surface area contributed by atoms with Crippen LogP contribution in [-0.2, 0) is 14.8 Å². The lowest BCUT2D eigenvalue weighted by Crippen LogP contribution is -2.40. The maximum atomic E-state index is 12.6. The maximum absolute atomic E-state index is 12.6. The van der Waals surface area contributed by atoms with Crippen molar-refractivity contribution in [3.05, 3.63) is 12.1 Å². The molecular weight excluding hydrogens is 326 g/mol. The third-order valence-electron chi connectivity index (χ3n) is 3.11. The normalized spacial score (nSPS) is 12.5. The fourth-order valence-corrected chi connectivity index (χ4v) is 3.53. The van der Waals surface area contributed by atoms with Gasteiger partial charge in [-0.15, -0.1) is 0 Å². The van der Waals surface area contributed by atoms with Gasteiger partial charge in [-0.05, 0) is 6.42 Å². The Balaban J connectivity index is 3.39. The van der Waals surface area contributed by atoms with Gasteiger partial charge in [-0.25, -0.2) is 8.42 Å². The number of carboxylic acid groups (broad SMARTS) is 1. The quantitative estimate of drug-likeness (QED) is 0.691. The Morgan fingerprint density at radius 1 is 1.17 bits per heavy atom. The van der Waals surface area contributed by atoms with Crippen molar-refractivity contribution in [2.24, 2.45) is 0 Å². The summed E-state index contributed by atoms with van der Waals surface area (Å²) in [7, 11) is -0.155. The van der Waals surface area contributed by atoms with Crippen LogP contribution < -0.4 is 18.9 Å². The first-order valence-corrected chi connectivity index (χ1v) is 8.34. The lowest BCUT2D eigenvalue weighted by Gasteiger charge is -2.18. The third kappa shape index (κ3) is 4.49. The summed E-state index contributed by atoms with van der Waals surface area (Å²) in [5.74, 6) is -0.911. The molecule has 9 heteroatoms. The van der Waals surface area contributed by atoms with E-state index in [4.69, 9.17) is 19.3 Å². The smallest absolute Gasteiger partial charge is 0.321 e. The Morgan fingerprint density at radius 3 is 2.04 bits per heavy atom. The second kappa shape index (κ2) is 8.02. The molecule has 0 heterocycles. The molecule has 0 aliphatic carbocycles. The maximum Gasteiger partial charge on any atom is 0.321 e. The molecule has 23 heavy (non-hydrogen) atoms. The average Bonchev–Trinajstić information content (AvgIpc) is 2.52. The lowest BCUT2D eigenvalue weighted by atomic mass is 10.2. The number of hydrogen-bond acceptors (Lipinski definition) is 6. The topological polar surface area (TPSA) is 111 Å². The summed E-state index contributed by atoms with van der Waals surface area (Å²) in [6.45, 7) is 1.76. The van der Waals surface area contributed by atoms with E-state index in [-0.39, 0.29) is 22.8 Å². The number of ether oxygens (including phenoxy) is 3. The van der Waals surface area contributed by atoms with Crippen molar-refractivity contribution in [1.29, 1.82) is 0 Å². The number of carboxylic acids is 1. The molecule has 1 aromatic rings. The van der Waals surface area contributed by atoms with Crippen molar-refractivity contribution in [2.75, 3.05) is 21.3 Å². The predicted molar refractivity (Wildman–Crippen MR) is 82.8 cm³/mol. The molecular formula is C14H21NO7S. The highest BCUT2D eigenvalue weighted by atomic mass is 32.2.